The highest BCUT2D eigenvalue weighted by Gasteiger charge is 2.39. The van der Waals surface area contributed by atoms with E-state index in [0.717, 1.165) is 18.2 Å². The van der Waals surface area contributed by atoms with Gasteiger partial charge < -0.3 is 23.9 Å². The number of imidazole rings is 1. The number of aromatic nitrogens is 4. The van der Waals surface area contributed by atoms with Crippen LogP contribution >= 0.6 is 11.6 Å². The number of fused-ring (bicyclic) bond motifs is 1. The average Bonchev–Trinajstić information content (AvgIpc) is 3.56. The fourth-order valence-corrected chi connectivity index (χ4v) is 5.75. The number of rotatable bonds is 9. The monoisotopic (exact) mass is 652 g/mol. The SMILES string of the molecule is COc1cc(Cl)ncc1COc1cccc(-c2cc(F)c(Cc3nc4c(F)cc(C(=O)O)cc4n3[C@@H]3COCC3(C)C)cc2F)n1. The van der Waals surface area contributed by atoms with Crippen molar-refractivity contribution < 1.29 is 37.3 Å². The predicted molar refractivity (Wildman–Crippen MR) is 163 cm³/mol. The Morgan fingerprint density at radius 3 is 2.61 bits per heavy atom. The molecule has 13 heteroatoms. The zero-order chi connectivity index (χ0) is 32.7. The van der Waals surface area contributed by atoms with Crippen LogP contribution in [-0.4, -0.2) is 50.9 Å². The standard InChI is InChI=1S/C33H28ClF3N4O5/c1-33(2)16-45-15-27(33)41-25-9-18(32(42)43)8-23(37)31(25)40-29(41)10-17-7-22(36)20(11-21(17)35)24-5-4-6-30(39-24)46-14-19-13-38-28(34)12-26(19)44-3/h4-9,11-13,27H,10,14-16H2,1-3H3,(H,42,43)/t27-/m1/s1. The Morgan fingerprint density at radius 2 is 1.89 bits per heavy atom. The molecule has 0 aliphatic carbocycles. The van der Waals surface area contributed by atoms with E-state index in [-0.39, 0.29) is 76.0 Å². The van der Waals surface area contributed by atoms with Crippen LogP contribution in [0.25, 0.3) is 22.3 Å². The molecule has 2 aromatic carbocycles. The van der Waals surface area contributed by atoms with E-state index in [9.17, 15) is 9.90 Å². The number of nitrogens with zero attached hydrogens (tertiary/aromatic N) is 4. The second-order valence-electron chi connectivity index (χ2n) is 11.6. The largest absolute Gasteiger partial charge is 0.496 e. The lowest BCUT2D eigenvalue weighted by atomic mass is 9.87. The van der Waals surface area contributed by atoms with E-state index in [1.165, 1.54) is 25.4 Å². The van der Waals surface area contributed by atoms with Gasteiger partial charge in [0.2, 0.25) is 5.88 Å². The molecule has 0 unspecified atom stereocenters. The molecule has 1 saturated heterocycles. The number of methoxy groups -OCH3 is 1. The summed E-state index contributed by atoms with van der Waals surface area (Å²) >= 11 is 5.92. The van der Waals surface area contributed by atoms with Crippen molar-refractivity contribution in [1.29, 1.82) is 0 Å². The van der Waals surface area contributed by atoms with Crippen LogP contribution in [0.1, 0.15) is 47.2 Å². The van der Waals surface area contributed by atoms with Gasteiger partial charge in [-0.3, -0.25) is 0 Å². The van der Waals surface area contributed by atoms with E-state index in [4.69, 9.17) is 25.8 Å². The normalized spacial score (nSPS) is 15.8. The third-order valence-corrected chi connectivity index (χ3v) is 8.23. The molecule has 46 heavy (non-hydrogen) atoms. The van der Waals surface area contributed by atoms with Crippen molar-refractivity contribution in [1.82, 2.24) is 19.5 Å². The molecule has 3 aromatic heterocycles. The molecular weight excluding hydrogens is 625 g/mol. The van der Waals surface area contributed by atoms with Crippen LogP contribution in [0.15, 0.2) is 54.7 Å². The van der Waals surface area contributed by atoms with E-state index in [0.29, 0.717) is 17.9 Å². The van der Waals surface area contributed by atoms with Gasteiger partial charge in [-0.1, -0.05) is 31.5 Å². The lowest BCUT2D eigenvalue weighted by Gasteiger charge is -2.28. The predicted octanol–water partition coefficient (Wildman–Crippen LogP) is 7.04. The quantitative estimate of drug-likeness (QED) is 0.169. The molecule has 1 fully saturated rings. The molecule has 0 amide bonds. The molecule has 0 saturated carbocycles. The van der Waals surface area contributed by atoms with Gasteiger partial charge in [0.1, 0.15) is 40.5 Å². The molecule has 0 bridgehead atoms. The minimum Gasteiger partial charge on any atom is -0.496 e. The first-order valence-corrected chi connectivity index (χ1v) is 14.6. The van der Waals surface area contributed by atoms with E-state index in [1.54, 1.807) is 22.8 Å². The topological polar surface area (TPSA) is 109 Å². The second-order valence-corrected chi connectivity index (χ2v) is 12.0. The molecule has 1 atom stereocenters. The fourth-order valence-electron chi connectivity index (χ4n) is 5.60. The molecule has 1 aliphatic heterocycles. The summed E-state index contributed by atoms with van der Waals surface area (Å²) in [4.78, 5) is 24.5. The van der Waals surface area contributed by atoms with Gasteiger partial charge in [0.05, 0.1) is 43.1 Å². The highest BCUT2D eigenvalue weighted by molar-refractivity contribution is 6.29. The Balaban J connectivity index is 1.33. The molecule has 1 aliphatic rings. The van der Waals surface area contributed by atoms with E-state index in [2.05, 4.69) is 15.0 Å². The summed E-state index contributed by atoms with van der Waals surface area (Å²) in [5, 5.41) is 9.81. The third-order valence-electron chi connectivity index (χ3n) is 8.02. The highest BCUT2D eigenvalue weighted by atomic mass is 35.5. The summed E-state index contributed by atoms with van der Waals surface area (Å²) in [6, 6.07) is 10.2. The molecule has 4 heterocycles. The van der Waals surface area contributed by atoms with Crippen LogP contribution in [0.3, 0.4) is 0 Å². The number of carboxylic acid groups (broad SMARTS) is 1. The Bertz CT molecular complexity index is 1980. The van der Waals surface area contributed by atoms with Gasteiger partial charge in [0.15, 0.2) is 5.82 Å². The zero-order valence-electron chi connectivity index (χ0n) is 25.0. The van der Waals surface area contributed by atoms with Crippen LogP contribution in [0, 0.1) is 22.9 Å². The van der Waals surface area contributed by atoms with Gasteiger partial charge in [0.25, 0.3) is 0 Å². The molecule has 5 aromatic rings. The van der Waals surface area contributed by atoms with Crippen molar-refractivity contribution >= 4 is 28.6 Å². The molecule has 0 spiro atoms. The van der Waals surface area contributed by atoms with E-state index < -0.39 is 28.8 Å². The summed E-state index contributed by atoms with van der Waals surface area (Å²) in [5.41, 5.74) is 0.130. The Kier molecular flexibility index (Phi) is 8.34. The summed E-state index contributed by atoms with van der Waals surface area (Å²) in [5.74, 6) is -2.71. The van der Waals surface area contributed by atoms with Crippen LogP contribution < -0.4 is 9.47 Å². The zero-order valence-corrected chi connectivity index (χ0v) is 25.7. The lowest BCUT2D eigenvalue weighted by molar-refractivity contribution is 0.0696. The van der Waals surface area contributed by atoms with Crippen molar-refractivity contribution in [3.63, 3.8) is 0 Å². The number of carbonyl (C=O) groups is 1. The summed E-state index contributed by atoms with van der Waals surface area (Å²) in [7, 11) is 1.49. The molecule has 9 nitrogen and oxygen atoms in total. The molecule has 238 valence electrons. The number of hydrogen-bond donors (Lipinski definition) is 1. The van der Waals surface area contributed by atoms with Crippen molar-refractivity contribution in [2.24, 2.45) is 5.41 Å². The first-order chi connectivity index (χ1) is 21.9. The number of ether oxygens (including phenoxy) is 3. The lowest BCUT2D eigenvalue weighted by Crippen LogP contribution is -2.27. The first-order valence-electron chi connectivity index (χ1n) is 14.2. The maximum absolute atomic E-state index is 15.7. The maximum atomic E-state index is 15.7. The molecule has 6 rings (SSSR count). The minimum absolute atomic E-state index is 0.0249. The number of benzene rings is 2. The second kappa shape index (κ2) is 12.3. The van der Waals surface area contributed by atoms with Crippen LogP contribution in [0.5, 0.6) is 11.6 Å². The molecular formula is C33H28ClF3N4O5. The summed E-state index contributed by atoms with van der Waals surface area (Å²) in [6.45, 7) is 4.61. The van der Waals surface area contributed by atoms with Crippen molar-refractivity contribution in [2.45, 2.75) is 32.9 Å². The van der Waals surface area contributed by atoms with Gasteiger partial charge in [-0.15, -0.1) is 0 Å². The summed E-state index contributed by atoms with van der Waals surface area (Å²) < 4.78 is 64.9. The van der Waals surface area contributed by atoms with Gasteiger partial charge in [-0.2, -0.15) is 0 Å². The molecule has 1 N–H and O–H groups in total. The van der Waals surface area contributed by atoms with Crippen molar-refractivity contribution in [3.05, 3.63) is 99.8 Å². The van der Waals surface area contributed by atoms with Crippen LogP contribution in [0.2, 0.25) is 5.15 Å². The third kappa shape index (κ3) is 5.97. The minimum atomic E-state index is -1.30. The number of aromatic carboxylic acids is 1. The van der Waals surface area contributed by atoms with Crippen molar-refractivity contribution in [2.75, 3.05) is 20.3 Å². The van der Waals surface area contributed by atoms with Gasteiger partial charge in [-0.05, 0) is 35.9 Å². The fraction of sp³-hybridized carbons (Fsp3) is 0.273. The number of halogens is 4. The first kappa shape index (κ1) is 31.3. The van der Waals surface area contributed by atoms with E-state index in [1.807, 2.05) is 13.8 Å². The van der Waals surface area contributed by atoms with Gasteiger partial charge in [-0.25, -0.2) is 32.9 Å². The Labute approximate surface area is 266 Å². The van der Waals surface area contributed by atoms with E-state index >= 15 is 13.2 Å². The molecule has 0 radical (unpaired) electrons. The average molecular weight is 653 g/mol. The number of carboxylic acids is 1. The highest BCUT2D eigenvalue weighted by Crippen LogP contribution is 2.41. The van der Waals surface area contributed by atoms with Gasteiger partial charge in [0, 0.05) is 41.3 Å². The van der Waals surface area contributed by atoms with Crippen LogP contribution in [-0.2, 0) is 17.8 Å². The number of pyridine rings is 2. The van der Waals surface area contributed by atoms with Crippen molar-refractivity contribution in [3.8, 4) is 22.9 Å². The number of hydrogen-bond acceptors (Lipinski definition) is 7. The van der Waals surface area contributed by atoms with Crippen LogP contribution in [0.4, 0.5) is 13.2 Å². The smallest absolute Gasteiger partial charge is 0.335 e. The summed E-state index contributed by atoms with van der Waals surface area (Å²) in [6.07, 6.45) is 1.31. The Morgan fingerprint density at radius 1 is 1.09 bits per heavy atom. The van der Waals surface area contributed by atoms with Gasteiger partial charge >= 0.3 is 5.97 Å². The maximum Gasteiger partial charge on any atom is 0.335 e. The Hall–Kier alpha value is -4.68.